The highest BCUT2D eigenvalue weighted by molar-refractivity contribution is 7.18. The number of esters is 1. The largest absolute Gasteiger partial charge is 0.469 e. The molecule has 1 atom stereocenters. The summed E-state index contributed by atoms with van der Waals surface area (Å²) in [5.41, 5.74) is 0.874. The van der Waals surface area contributed by atoms with E-state index in [1.54, 1.807) is 19.3 Å². The number of aromatic nitrogens is 1. The summed E-state index contributed by atoms with van der Waals surface area (Å²) in [4.78, 5) is 29.4. The lowest BCUT2D eigenvalue weighted by Gasteiger charge is -2.35. The van der Waals surface area contributed by atoms with Gasteiger partial charge in [-0.1, -0.05) is 0 Å². The molecule has 1 aliphatic heterocycles. The number of rotatable bonds is 3. The SMILES string of the molecule is COC(=O)CC1(C)NC(=O)c2sc(-c3ccncc3)cc2N1. The summed E-state index contributed by atoms with van der Waals surface area (Å²) >= 11 is 1.40. The molecule has 0 saturated heterocycles. The number of fused-ring (bicyclic) bond motifs is 1. The third-order valence-electron chi connectivity index (χ3n) is 3.43. The second kappa shape index (κ2) is 5.42. The van der Waals surface area contributed by atoms with Crippen LogP contribution >= 0.6 is 11.3 Å². The van der Waals surface area contributed by atoms with Gasteiger partial charge in [-0.05, 0) is 30.7 Å². The number of nitrogens with zero attached hydrogens (tertiary/aromatic N) is 1. The highest BCUT2D eigenvalue weighted by atomic mass is 32.1. The van der Waals surface area contributed by atoms with E-state index in [4.69, 9.17) is 0 Å². The van der Waals surface area contributed by atoms with Crippen molar-refractivity contribution in [3.63, 3.8) is 0 Å². The average Bonchev–Trinajstić information content (AvgIpc) is 2.91. The number of hydrogen-bond acceptors (Lipinski definition) is 6. The Hall–Kier alpha value is -2.41. The van der Waals surface area contributed by atoms with Crippen molar-refractivity contribution in [2.24, 2.45) is 0 Å². The fourth-order valence-electron chi connectivity index (χ4n) is 2.40. The van der Waals surface area contributed by atoms with Crippen LogP contribution in [0.15, 0.2) is 30.6 Å². The zero-order valence-electron chi connectivity index (χ0n) is 12.2. The molecule has 1 unspecified atom stereocenters. The molecular weight excluding hydrogens is 302 g/mol. The van der Waals surface area contributed by atoms with Gasteiger partial charge in [-0.25, -0.2) is 0 Å². The van der Waals surface area contributed by atoms with E-state index in [2.05, 4.69) is 20.4 Å². The Kier molecular flexibility index (Phi) is 3.58. The van der Waals surface area contributed by atoms with Crippen molar-refractivity contribution in [1.29, 1.82) is 0 Å². The monoisotopic (exact) mass is 317 g/mol. The minimum absolute atomic E-state index is 0.0507. The van der Waals surface area contributed by atoms with Gasteiger partial charge in [0.05, 0.1) is 19.2 Å². The van der Waals surface area contributed by atoms with Crippen molar-refractivity contribution >= 4 is 28.9 Å². The fraction of sp³-hybridized carbons (Fsp3) is 0.267. The molecule has 6 nitrogen and oxygen atoms in total. The summed E-state index contributed by atoms with van der Waals surface area (Å²) in [6, 6.07) is 5.70. The zero-order valence-corrected chi connectivity index (χ0v) is 13.0. The van der Waals surface area contributed by atoms with Gasteiger partial charge in [0.15, 0.2) is 0 Å². The van der Waals surface area contributed by atoms with Crippen LogP contribution < -0.4 is 10.6 Å². The van der Waals surface area contributed by atoms with Crippen molar-refractivity contribution in [2.75, 3.05) is 12.4 Å². The molecule has 2 N–H and O–H groups in total. The molecule has 7 heteroatoms. The molecule has 1 amide bonds. The van der Waals surface area contributed by atoms with Crippen LogP contribution in [0.5, 0.6) is 0 Å². The lowest BCUT2D eigenvalue weighted by atomic mass is 10.0. The van der Waals surface area contributed by atoms with Gasteiger partial charge in [-0.2, -0.15) is 0 Å². The third-order valence-corrected chi connectivity index (χ3v) is 4.61. The predicted molar refractivity (Wildman–Crippen MR) is 83.7 cm³/mol. The van der Waals surface area contributed by atoms with E-state index >= 15 is 0 Å². The van der Waals surface area contributed by atoms with Gasteiger partial charge in [0, 0.05) is 17.3 Å². The Balaban J connectivity index is 1.92. The second-order valence-corrected chi connectivity index (χ2v) is 6.31. The van der Waals surface area contributed by atoms with Gasteiger partial charge in [0.1, 0.15) is 10.5 Å². The highest BCUT2D eigenvalue weighted by Crippen LogP contribution is 2.38. The summed E-state index contributed by atoms with van der Waals surface area (Å²) in [6.45, 7) is 1.76. The molecule has 3 rings (SSSR count). The van der Waals surface area contributed by atoms with Gasteiger partial charge in [-0.3, -0.25) is 14.6 Å². The van der Waals surface area contributed by atoms with E-state index in [-0.39, 0.29) is 18.3 Å². The number of carbonyl (C=O) groups is 2. The molecule has 0 saturated carbocycles. The molecule has 2 aromatic heterocycles. The number of pyridine rings is 1. The molecule has 0 aliphatic carbocycles. The van der Waals surface area contributed by atoms with Gasteiger partial charge in [0.2, 0.25) is 0 Å². The quantitative estimate of drug-likeness (QED) is 0.849. The van der Waals surface area contributed by atoms with Crippen LogP contribution in [0.1, 0.15) is 23.0 Å². The summed E-state index contributed by atoms with van der Waals surface area (Å²) in [5.74, 6) is -0.575. The van der Waals surface area contributed by atoms with Crippen LogP contribution in [-0.4, -0.2) is 29.6 Å². The number of carbonyl (C=O) groups excluding carboxylic acids is 2. The fourth-order valence-corrected chi connectivity index (χ4v) is 3.41. The van der Waals surface area contributed by atoms with E-state index in [9.17, 15) is 9.59 Å². The number of amides is 1. The molecule has 0 aromatic carbocycles. The highest BCUT2D eigenvalue weighted by Gasteiger charge is 2.37. The second-order valence-electron chi connectivity index (χ2n) is 5.25. The van der Waals surface area contributed by atoms with Crippen molar-refractivity contribution in [3.05, 3.63) is 35.5 Å². The molecule has 0 bridgehead atoms. The predicted octanol–water partition coefficient (Wildman–Crippen LogP) is 2.24. The summed E-state index contributed by atoms with van der Waals surface area (Å²) in [5, 5.41) is 6.05. The van der Waals surface area contributed by atoms with Crippen LogP contribution in [0.3, 0.4) is 0 Å². The Morgan fingerprint density at radius 2 is 2.09 bits per heavy atom. The van der Waals surface area contributed by atoms with E-state index in [1.165, 1.54) is 18.4 Å². The van der Waals surface area contributed by atoms with Crippen molar-refractivity contribution in [2.45, 2.75) is 19.0 Å². The van der Waals surface area contributed by atoms with Crippen LogP contribution in [0.4, 0.5) is 5.69 Å². The first-order valence-electron chi connectivity index (χ1n) is 6.72. The van der Waals surface area contributed by atoms with Gasteiger partial charge in [0.25, 0.3) is 5.91 Å². The molecule has 2 aromatic rings. The molecule has 0 spiro atoms. The van der Waals surface area contributed by atoms with E-state index in [0.29, 0.717) is 4.88 Å². The summed E-state index contributed by atoms with van der Waals surface area (Å²) in [6.07, 6.45) is 3.47. The minimum Gasteiger partial charge on any atom is -0.469 e. The van der Waals surface area contributed by atoms with Crippen LogP contribution in [0.2, 0.25) is 0 Å². The summed E-state index contributed by atoms with van der Waals surface area (Å²) in [7, 11) is 1.33. The number of anilines is 1. The van der Waals surface area contributed by atoms with E-state index in [1.807, 2.05) is 18.2 Å². The molecule has 114 valence electrons. The summed E-state index contributed by atoms with van der Waals surface area (Å²) < 4.78 is 4.68. The maximum Gasteiger partial charge on any atom is 0.309 e. The van der Waals surface area contributed by atoms with E-state index in [0.717, 1.165) is 16.1 Å². The first-order valence-corrected chi connectivity index (χ1v) is 7.54. The van der Waals surface area contributed by atoms with Crippen molar-refractivity contribution in [3.8, 4) is 10.4 Å². The minimum atomic E-state index is -0.853. The lowest BCUT2D eigenvalue weighted by molar-refractivity contribution is -0.141. The van der Waals surface area contributed by atoms with Gasteiger partial charge < -0.3 is 15.4 Å². The normalized spacial score (nSPS) is 19.8. The topological polar surface area (TPSA) is 80.3 Å². The first-order chi connectivity index (χ1) is 10.5. The zero-order chi connectivity index (χ0) is 15.7. The third kappa shape index (κ3) is 2.67. The number of nitrogens with one attached hydrogen (secondary N) is 2. The van der Waals surface area contributed by atoms with Crippen LogP contribution in [0, 0.1) is 0 Å². The number of thiophene rings is 1. The average molecular weight is 317 g/mol. The smallest absolute Gasteiger partial charge is 0.309 e. The molecule has 22 heavy (non-hydrogen) atoms. The van der Waals surface area contributed by atoms with Crippen molar-refractivity contribution < 1.29 is 14.3 Å². The Morgan fingerprint density at radius 3 is 2.77 bits per heavy atom. The molecule has 0 radical (unpaired) electrons. The standard InChI is InChI=1S/C15H15N3O3S/c1-15(8-12(19)21-2)17-10-7-11(9-3-5-16-6-4-9)22-13(10)14(20)18-15/h3-7,17H,8H2,1-2H3,(H,18,20). The van der Waals surface area contributed by atoms with Gasteiger partial charge >= 0.3 is 5.97 Å². The van der Waals surface area contributed by atoms with Gasteiger partial charge in [-0.15, -0.1) is 11.3 Å². The van der Waals surface area contributed by atoms with Crippen LogP contribution in [-0.2, 0) is 9.53 Å². The number of methoxy groups -OCH3 is 1. The number of ether oxygens (including phenoxy) is 1. The lowest BCUT2D eigenvalue weighted by Crippen LogP contribution is -2.56. The first kappa shape index (κ1) is 14.5. The molecular formula is C15H15N3O3S. The Morgan fingerprint density at radius 1 is 1.36 bits per heavy atom. The maximum absolute atomic E-state index is 12.3. The number of hydrogen-bond donors (Lipinski definition) is 2. The maximum atomic E-state index is 12.3. The molecule has 1 aliphatic rings. The molecule has 3 heterocycles. The van der Waals surface area contributed by atoms with Crippen LogP contribution in [0.25, 0.3) is 10.4 Å². The van der Waals surface area contributed by atoms with Crippen molar-refractivity contribution in [1.82, 2.24) is 10.3 Å². The Labute approximate surface area is 131 Å². The molecule has 0 fully saturated rings. The van der Waals surface area contributed by atoms with E-state index < -0.39 is 5.66 Å². The Bertz CT molecular complexity index is 729.